The van der Waals surface area contributed by atoms with E-state index in [1.54, 1.807) is 0 Å². The Labute approximate surface area is 173 Å². The van der Waals surface area contributed by atoms with Crippen molar-refractivity contribution in [2.45, 2.75) is 13.5 Å². The lowest BCUT2D eigenvalue weighted by Crippen LogP contribution is -2.41. The van der Waals surface area contributed by atoms with Gasteiger partial charge >= 0.3 is 0 Å². The van der Waals surface area contributed by atoms with E-state index in [2.05, 4.69) is 33.1 Å². The van der Waals surface area contributed by atoms with E-state index in [0.29, 0.717) is 13.2 Å². The van der Waals surface area contributed by atoms with Crippen LogP contribution in [0.15, 0.2) is 53.7 Å². The number of benzene rings is 1. The van der Waals surface area contributed by atoms with E-state index in [1.165, 1.54) is 0 Å². The molecule has 1 fully saturated rings. The van der Waals surface area contributed by atoms with Gasteiger partial charge < -0.3 is 24.6 Å². The topological polar surface area (TPSA) is 62.2 Å². The molecule has 1 saturated heterocycles. The molecule has 0 spiro atoms. The molecule has 1 aliphatic rings. The number of guanidine groups is 1. The van der Waals surface area contributed by atoms with Crippen molar-refractivity contribution in [2.75, 3.05) is 57.9 Å². The monoisotopic (exact) mass is 397 g/mol. The van der Waals surface area contributed by atoms with Gasteiger partial charge in [0.1, 0.15) is 18.2 Å². The average Bonchev–Trinajstić information content (AvgIpc) is 2.78. The summed E-state index contributed by atoms with van der Waals surface area (Å²) in [7, 11) is 2.03. The molecule has 29 heavy (non-hydrogen) atoms. The Bertz CT molecular complexity index is 763. The number of rotatable bonds is 8. The van der Waals surface area contributed by atoms with Gasteiger partial charge in [0, 0.05) is 38.4 Å². The number of nitrogens with one attached hydrogen (secondary N) is 1. The lowest BCUT2D eigenvalue weighted by atomic mass is 10.2. The summed E-state index contributed by atoms with van der Waals surface area (Å²) in [6.07, 6.45) is 1.84. The van der Waals surface area contributed by atoms with Crippen LogP contribution in [0.3, 0.4) is 0 Å². The fourth-order valence-electron chi connectivity index (χ4n) is 3.17. The number of likely N-dealkylation sites (N-methyl/N-ethyl adjacent to an activating group) is 1. The predicted octanol–water partition coefficient (Wildman–Crippen LogP) is 2.39. The molecule has 0 radical (unpaired) electrons. The maximum Gasteiger partial charge on any atom is 0.194 e. The fourth-order valence-corrected chi connectivity index (χ4v) is 3.17. The van der Waals surface area contributed by atoms with Gasteiger partial charge in [-0.3, -0.25) is 0 Å². The minimum Gasteiger partial charge on any atom is -0.492 e. The normalized spacial score (nSPS) is 14.6. The highest BCUT2D eigenvalue weighted by molar-refractivity contribution is 5.79. The maximum atomic E-state index is 5.81. The van der Waals surface area contributed by atoms with Gasteiger partial charge in [0.05, 0.1) is 26.3 Å². The van der Waals surface area contributed by atoms with Crippen molar-refractivity contribution >= 4 is 11.8 Å². The average molecular weight is 398 g/mol. The number of hydrogen-bond donors (Lipinski definition) is 1. The summed E-state index contributed by atoms with van der Waals surface area (Å²) < 4.78 is 11.3. The van der Waals surface area contributed by atoms with Crippen LogP contribution in [0.1, 0.15) is 12.5 Å². The van der Waals surface area contributed by atoms with E-state index in [9.17, 15) is 0 Å². The molecule has 0 amide bonds. The van der Waals surface area contributed by atoms with Crippen LogP contribution >= 0.6 is 0 Å². The van der Waals surface area contributed by atoms with Crippen molar-refractivity contribution in [3.8, 4) is 5.75 Å². The summed E-state index contributed by atoms with van der Waals surface area (Å²) in [6.45, 7) is 8.01. The second-order valence-corrected chi connectivity index (χ2v) is 6.84. The summed E-state index contributed by atoms with van der Waals surface area (Å²) in [6, 6.07) is 13.9. The van der Waals surface area contributed by atoms with Gasteiger partial charge in [0.15, 0.2) is 5.96 Å². The van der Waals surface area contributed by atoms with Crippen LogP contribution in [-0.2, 0) is 11.3 Å². The molecule has 1 aromatic heterocycles. The van der Waals surface area contributed by atoms with Crippen LogP contribution in [0.25, 0.3) is 0 Å². The third-order valence-electron chi connectivity index (χ3n) is 4.71. The predicted molar refractivity (Wildman–Crippen MR) is 117 cm³/mol. The molecule has 7 nitrogen and oxygen atoms in total. The first kappa shape index (κ1) is 20.9. The zero-order valence-corrected chi connectivity index (χ0v) is 17.4. The number of pyridine rings is 1. The molecule has 0 bridgehead atoms. The van der Waals surface area contributed by atoms with Gasteiger partial charge in [0.25, 0.3) is 0 Å². The molecule has 3 rings (SSSR count). The van der Waals surface area contributed by atoms with Gasteiger partial charge in [-0.1, -0.05) is 24.3 Å². The second kappa shape index (κ2) is 11.3. The highest BCUT2D eigenvalue weighted by atomic mass is 16.5. The van der Waals surface area contributed by atoms with E-state index in [4.69, 9.17) is 14.5 Å². The molecule has 7 heteroatoms. The Hall–Kier alpha value is -2.80. The third-order valence-corrected chi connectivity index (χ3v) is 4.71. The van der Waals surface area contributed by atoms with E-state index < -0.39 is 0 Å². The Kier molecular flexibility index (Phi) is 8.12. The van der Waals surface area contributed by atoms with Crippen LogP contribution in [0.2, 0.25) is 0 Å². The van der Waals surface area contributed by atoms with Crippen molar-refractivity contribution in [1.29, 1.82) is 0 Å². The minimum atomic E-state index is 0.576. The van der Waals surface area contributed by atoms with Crippen molar-refractivity contribution < 1.29 is 9.47 Å². The Morgan fingerprint density at radius 1 is 1.21 bits per heavy atom. The van der Waals surface area contributed by atoms with Crippen molar-refractivity contribution in [3.05, 3.63) is 54.2 Å². The Balaban J connectivity index is 1.61. The maximum absolute atomic E-state index is 5.81. The summed E-state index contributed by atoms with van der Waals surface area (Å²) in [4.78, 5) is 13.8. The first-order valence-corrected chi connectivity index (χ1v) is 10.2. The molecule has 2 aromatic rings. The van der Waals surface area contributed by atoms with Crippen LogP contribution in [0.4, 0.5) is 5.82 Å². The number of nitrogens with zero attached hydrogens (tertiary/aromatic N) is 4. The van der Waals surface area contributed by atoms with E-state index in [1.807, 2.05) is 49.6 Å². The summed E-state index contributed by atoms with van der Waals surface area (Å²) in [5.74, 6) is 2.75. The Morgan fingerprint density at radius 2 is 2.00 bits per heavy atom. The number of aromatic nitrogens is 1. The lowest BCUT2D eigenvalue weighted by molar-refractivity contribution is 0.122. The SMILES string of the molecule is CCNC(=NCc1cccnc1N1CCOCC1)N(C)CCOc1ccccc1. The van der Waals surface area contributed by atoms with Gasteiger partial charge in [-0.25, -0.2) is 9.98 Å². The van der Waals surface area contributed by atoms with Crippen LogP contribution < -0.4 is 15.0 Å². The van der Waals surface area contributed by atoms with Crippen molar-refractivity contribution in [3.63, 3.8) is 0 Å². The fraction of sp³-hybridized carbons (Fsp3) is 0.455. The van der Waals surface area contributed by atoms with E-state index >= 15 is 0 Å². The zero-order chi connectivity index (χ0) is 20.3. The molecule has 156 valence electrons. The molecule has 2 heterocycles. The number of para-hydroxylation sites is 1. The quantitative estimate of drug-likeness (QED) is 0.545. The molecule has 0 unspecified atom stereocenters. The van der Waals surface area contributed by atoms with E-state index in [0.717, 1.165) is 62.5 Å². The number of morpholine rings is 1. The molecule has 1 aliphatic heterocycles. The third kappa shape index (κ3) is 6.35. The molecular formula is C22H31N5O2. The highest BCUT2D eigenvalue weighted by Gasteiger charge is 2.16. The molecular weight excluding hydrogens is 366 g/mol. The van der Waals surface area contributed by atoms with Gasteiger partial charge in [-0.2, -0.15) is 0 Å². The van der Waals surface area contributed by atoms with Crippen LogP contribution in [0.5, 0.6) is 5.75 Å². The van der Waals surface area contributed by atoms with Crippen molar-refractivity contribution in [2.24, 2.45) is 4.99 Å². The first-order chi connectivity index (χ1) is 14.3. The number of hydrogen-bond acceptors (Lipinski definition) is 5. The summed E-state index contributed by atoms with van der Waals surface area (Å²) in [5, 5.41) is 3.37. The van der Waals surface area contributed by atoms with Gasteiger partial charge in [-0.15, -0.1) is 0 Å². The smallest absolute Gasteiger partial charge is 0.194 e. The summed E-state index contributed by atoms with van der Waals surface area (Å²) >= 11 is 0. The largest absolute Gasteiger partial charge is 0.492 e. The van der Waals surface area contributed by atoms with Crippen LogP contribution in [-0.4, -0.2) is 68.9 Å². The zero-order valence-electron chi connectivity index (χ0n) is 17.4. The van der Waals surface area contributed by atoms with Gasteiger partial charge in [-0.05, 0) is 25.1 Å². The minimum absolute atomic E-state index is 0.576. The Morgan fingerprint density at radius 3 is 2.76 bits per heavy atom. The lowest BCUT2D eigenvalue weighted by Gasteiger charge is -2.29. The van der Waals surface area contributed by atoms with E-state index in [-0.39, 0.29) is 0 Å². The molecule has 0 saturated carbocycles. The number of aliphatic imine (C=N–C) groups is 1. The molecule has 1 N–H and O–H groups in total. The first-order valence-electron chi connectivity index (χ1n) is 10.2. The molecule has 0 aliphatic carbocycles. The standard InChI is InChI=1S/C22H31N5O2/c1-3-23-22(26(2)12-17-29-20-9-5-4-6-10-20)25-18-19-8-7-11-24-21(19)27-13-15-28-16-14-27/h4-11H,3,12-18H2,1-2H3,(H,23,25). The second-order valence-electron chi connectivity index (χ2n) is 6.84. The highest BCUT2D eigenvalue weighted by Crippen LogP contribution is 2.19. The number of ether oxygens (including phenoxy) is 2. The summed E-state index contributed by atoms with van der Waals surface area (Å²) in [5.41, 5.74) is 1.12. The molecule has 0 atom stereocenters. The van der Waals surface area contributed by atoms with Gasteiger partial charge in [0.2, 0.25) is 0 Å². The molecule has 1 aromatic carbocycles. The number of anilines is 1. The van der Waals surface area contributed by atoms with Crippen LogP contribution in [0, 0.1) is 0 Å². The van der Waals surface area contributed by atoms with Crippen molar-refractivity contribution in [1.82, 2.24) is 15.2 Å².